The Hall–Kier alpha value is -1.62. The van der Waals surface area contributed by atoms with Crippen molar-refractivity contribution in [3.63, 3.8) is 0 Å². The number of ketones is 1. The number of aryl methyl sites for hydroxylation is 2. The summed E-state index contributed by atoms with van der Waals surface area (Å²) >= 11 is 1.43. The number of nitrogens with zero attached hydrogens (tertiary/aromatic N) is 2. The second kappa shape index (κ2) is 5.14. The molecule has 0 unspecified atom stereocenters. The third-order valence-electron chi connectivity index (χ3n) is 2.50. The summed E-state index contributed by atoms with van der Waals surface area (Å²) in [5.41, 5.74) is 1.08. The van der Waals surface area contributed by atoms with E-state index >= 15 is 0 Å². The Kier molecular flexibility index (Phi) is 3.58. The van der Waals surface area contributed by atoms with Crippen molar-refractivity contribution in [2.45, 2.75) is 12.8 Å². The number of ether oxygens (including phenoxy) is 1. The van der Waals surface area contributed by atoms with E-state index in [2.05, 4.69) is 5.10 Å². The molecule has 2 aromatic heterocycles. The van der Waals surface area contributed by atoms with Gasteiger partial charge in [0.15, 0.2) is 5.78 Å². The highest BCUT2D eigenvalue weighted by molar-refractivity contribution is 7.12. The topological polar surface area (TPSA) is 44.1 Å². The van der Waals surface area contributed by atoms with E-state index in [4.69, 9.17) is 4.74 Å². The standard InChI is InChI=1S/C12H14N2O2S/c1-14-8-9(7-13-14)3-4-10(15)12-11(16-2)5-6-17-12/h5-8H,3-4H2,1-2H3. The van der Waals surface area contributed by atoms with Crippen LogP contribution < -0.4 is 4.74 Å². The van der Waals surface area contributed by atoms with Crippen molar-refractivity contribution in [3.8, 4) is 5.75 Å². The molecule has 0 aromatic carbocycles. The molecular formula is C12H14N2O2S. The lowest BCUT2D eigenvalue weighted by Gasteiger charge is -2.00. The number of hydrogen-bond acceptors (Lipinski definition) is 4. The molecule has 17 heavy (non-hydrogen) atoms. The van der Waals surface area contributed by atoms with Gasteiger partial charge in [0.25, 0.3) is 0 Å². The van der Waals surface area contributed by atoms with E-state index in [0.29, 0.717) is 23.5 Å². The summed E-state index contributed by atoms with van der Waals surface area (Å²) in [6.45, 7) is 0. The van der Waals surface area contributed by atoms with E-state index in [9.17, 15) is 4.79 Å². The van der Waals surface area contributed by atoms with E-state index in [1.807, 2.05) is 24.7 Å². The highest BCUT2D eigenvalue weighted by atomic mass is 32.1. The van der Waals surface area contributed by atoms with E-state index in [0.717, 1.165) is 5.56 Å². The van der Waals surface area contributed by atoms with Gasteiger partial charge in [0.05, 0.1) is 13.3 Å². The minimum atomic E-state index is 0.126. The predicted octanol–water partition coefficient (Wildman–Crippen LogP) is 2.31. The second-order valence-corrected chi connectivity index (χ2v) is 4.68. The maximum atomic E-state index is 12.0. The summed E-state index contributed by atoms with van der Waals surface area (Å²) in [6.07, 6.45) is 4.92. The molecule has 5 heteroatoms. The van der Waals surface area contributed by atoms with Gasteiger partial charge in [0.1, 0.15) is 10.6 Å². The van der Waals surface area contributed by atoms with Crippen molar-refractivity contribution in [2.24, 2.45) is 7.05 Å². The Balaban J connectivity index is 1.98. The Morgan fingerprint density at radius 3 is 3.06 bits per heavy atom. The highest BCUT2D eigenvalue weighted by Crippen LogP contribution is 2.26. The van der Waals surface area contributed by atoms with Crippen LogP contribution in [-0.4, -0.2) is 22.7 Å². The summed E-state index contributed by atoms with van der Waals surface area (Å²) in [6, 6.07) is 1.82. The SMILES string of the molecule is COc1ccsc1C(=O)CCc1cnn(C)c1. The fourth-order valence-corrected chi connectivity index (χ4v) is 2.46. The van der Waals surface area contributed by atoms with Crippen molar-refractivity contribution in [2.75, 3.05) is 7.11 Å². The van der Waals surface area contributed by atoms with Crippen LogP contribution in [0.1, 0.15) is 21.7 Å². The lowest BCUT2D eigenvalue weighted by molar-refractivity contribution is 0.0984. The first-order valence-corrected chi connectivity index (χ1v) is 6.21. The first-order chi connectivity index (χ1) is 8.20. The number of carbonyl (C=O) groups is 1. The molecule has 0 aliphatic heterocycles. The second-order valence-electron chi connectivity index (χ2n) is 3.76. The van der Waals surface area contributed by atoms with Crippen molar-refractivity contribution in [1.29, 1.82) is 0 Å². The van der Waals surface area contributed by atoms with Gasteiger partial charge in [-0.2, -0.15) is 5.10 Å². The van der Waals surface area contributed by atoms with Crippen molar-refractivity contribution in [1.82, 2.24) is 9.78 Å². The van der Waals surface area contributed by atoms with Crippen LogP contribution in [0.2, 0.25) is 0 Å². The van der Waals surface area contributed by atoms with Crippen LogP contribution in [0.25, 0.3) is 0 Å². The minimum Gasteiger partial charge on any atom is -0.495 e. The molecule has 0 fully saturated rings. The molecule has 0 aliphatic carbocycles. The lowest BCUT2D eigenvalue weighted by atomic mass is 10.1. The fourth-order valence-electron chi connectivity index (χ4n) is 1.63. The van der Waals surface area contributed by atoms with Crippen LogP contribution in [0.3, 0.4) is 0 Å². The predicted molar refractivity (Wildman–Crippen MR) is 66.7 cm³/mol. The molecule has 0 N–H and O–H groups in total. The van der Waals surface area contributed by atoms with Gasteiger partial charge in [-0.15, -0.1) is 11.3 Å². The molecule has 0 amide bonds. The zero-order valence-corrected chi connectivity index (χ0v) is 10.7. The maximum absolute atomic E-state index is 12.0. The zero-order valence-electron chi connectivity index (χ0n) is 9.84. The van der Waals surface area contributed by atoms with E-state index in [1.165, 1.54) is 11.3 Å². The van der Waals surface area contributed by atoms with Crippen LogP contribution >= 0.6 is 11.3 Å². The van der Waals surface area contributed by atoms with Crippen LogP contribution in [0.5, 0.6) is 5.75 Å². The van der Waals surface area contributed by atoms with Gasteiger partial charge >= 0.3 is 0 Å². The number of rotatable bonds is 5. The highest BCUT2D eigenvalue weighted by Gasteiger charge is 2.13. The number of hydrogen-bond donors (Lipinski definition) is 0. The van der Waals surface area contributed by atoms with Gasteiger partial charge in [-0.25, -0.2) is 0 Å². The van der Waals surface area contributed by atoms with Gasteiger partial charge in [0.2, 0.25) is 0 Å². The molecule has 0 spiro atoms. The number of aromatic nitrogens is 2. The number of carbonyl (C=O) groups excluding carboxylic acids is 1. The van der Waals surface area contributed by atoms with Crippen molar-refractivity contribution >= 4 is 17.1 Å². The van der Waals surface area contributed by atoms with Gasteiger partial charge < -0.3 is 4.74 Å². The number of methoxy groups -OCH3 is 1. The van der Waals surface area contributed by atoms with Crippen LogP contribution in [-0.2, 0) is 13.5 Å². The molecule has 2 rings (SSSR count). The van der Waals surface area contributed by atoms with Gasteiger partial charge in [-0.05, 0) is 23.4 Å². The Morgan fingerprint density at radius 1 is 1.59 bits per heavy atom. The molecule has 0 bridgehead atoms. The molecular weight excluding hydrogens is 236 g/mol. The normalized spacial score (nSPS) is 10.5. The molecule has 2 aromatic rings. The van der Waals surface area contributed by atoms with Gasteiger partial charge in [-0.3, -0.25) is 9.48 Å². The smallest absolute Gasteiger partial charge is 0.176 e. The molecule has 4 nitrogen and oxygen atoms in total. The van der Waals surface area contributed by atoms with Crippen molar-refractivity contribution in [3.05, 3.63) is 34.3 Å². The average Bonchev–Trinajstić information content (AvgIpc) is 2.94. The third kappa shape index (κ3) is 2.74. The molecule has 0 saturated heterocycles. The Labute approximate surface area is 104 Å². The Morgan fingerprint density at radius 2 is 2.41 bits per heavy atom. The quantitative estimate of drug-likeness (QED) is 0.765. The molecule has 0 saturated carbocycles. The van der Waals surface area contributed by atoms with Crippen LogP contribution in [0.15, 0.2) is 23.8 Å². The summed E-state index contributed by atoms with van der Waals surface area (Å²) < 4.78 is 6.88. The van der Waals surface area contributed by atoms with Gasteiger partial charge in [-0.1, -0.05) is 0 Å². The molecule has 2 heterocycles. The third-order valence-corrected chi connectivity index (χ3v) is 3.44. The first-order valence-electron chi connectivity index (χ1n) is 5.33. The van der Waals surface area contributed by atoms with Crippen LogP contribution in [0.4, 0.5) is 0 Å². The van der Waals surface area contributed by atoms with Crippen LogP contribution in [0, 0.1) is 0 Å². The number of thiophene rings is 1. The Bertz CT molecular complexity index is 516. The largest absolute Gasteiger partial charge is 0.495 e. The van der Waals surface area contributed by atoms with E-state index in [1.54, 1.807) is 18.0 Å². The molecule has 0 radical (unpaired) electrons. The monoisotopic (exact) mass is 250 g/mol. The summed E-state index contributed by atoms with van der Waals surface area (Å²) in [5, 5.41) is 5.95. The number of Topliss-reactive ketones (excluding diaryl/α,β-unsaturated/α-hetero) is 1. The maximum Gasteiger partial charge on any atom is 0.176 e. The lowest BCUT2D eigenvalue weighted by Crippen LogP contribution is -2.00. The van der Waals surface area contributed by atoms with E-state index in [-0.39, 0.29) is 5.78 Å². The summed E-state index contributed by atoms with van der Waals surface area (Å²) in [7, 11) is 3.45. The average molecular weight is 250 g/mol. The first kappa shape index (κ1) is 11.9. The molecule has 90 valence electrons. The molecule has 0 aliphatic rings. The minimum absolute atomic E-state index is 0.126. The summed E-state index contributed by atoms with van der Waals surface area (Å²) in [5.74, 6) is 0.798. The van der Waals surface area contributed by atoms with Gasteiger partial charge in [0, 0.05) is 19.7 Å². The van der Waals surface area contributed by atoms with E-state index < -0.39 is 0 Å². The molecule has 0 atom stereocenters. The summed E-state index contributed by atoms with van der Waals surface area (Å²) in [4.78, 5) is 12.7. The zero-order chi connectivity index (χ0) is 12.3. The van der Waals surface area contributed by atoms with Crippen molar-refractivity contribution < 1.29 is 9.53 Å². The fraction of sp³-hybridized carbons (Fsp3) is 0.333.